The van der Waals surface area contributed by atoms with E-state index in [1.54, 1.807) is 24.3 Å². The fraction of sp³-hybridized carbons (Fsp3) is 0.389. The van der Waals surface area contributed by atoms with E-state index in [1.807, 2.05) is 0 Å². The molecular weight excluding hydrogens is 482 g/mol. The summed E-state index contributed by atoms with van der Waals surface area (Å²) >= 11 is 3.02. The average Bonchev–Trinajstić information content (AvgIpc) is 2.65. The second-order valence-corrected chi connectivity index (χ2v) is 7.06. The highest BCUT2D eigenvalue weighted by atomic mass is 79.9. The monoisotopic (exact) mass is 503 g/mol. The maximum Gasteiger partial charge on any atom is 0.408 e. The number of nitrogens with zero attached hydrogens (tertiary/aromatic N) is 2. The number of halogens is 1. The molecule has 13 heteroatoms. The first kappa shape index (κ1) is 25.8. The second-order valence-electron chi connectivity index (χ2n) is 6.50. The lowest BCUT2D eigenvalue weighted by atomic mass is 10.0. The van der Waals surface area contributed by atoms with Gasteiger partial charge in [-0.05, 0) is 24.1 Å². The molecule has 0 aliphatic heterocycles. The molecule has 0 fully saturated rings. The molecule has 0 aliphatic carbocycles. The number of carboxylic acids is 3. The van der Waals surface area contributed by atoms with Crippen LogP contribution in [0.1, 0.15) is 5.56 Å². The first-order chi connectivity index (χ1) is 14.5. The molecule has 0 heterocycles. The quantitative estimate of drug-likeness (QED) is 0.237. The van der Waals surface area contributed by atoms with Crippen LogP contribution in [0.2, 0.25) is 0 Å². The zero-order valence-electron chi connectivity index (χ0n) is 16.2. The van der Waals surface area contributed by atoms with E-state index < -0.39 is 49.7 Å². The van der Waals surface area contributed by atoms with E-state index in [1.165, 1.54) is 0 Å². The normalized spacial score (nSPS) is 11.5. The Morgan fingerprint density at radius 2 is 1.39 bits per heavy atom. The van der Waals surface area contributed by atoms with Gasteiger partial charge < -0.3 is 25.7 Å². The van der Waals surface area contributed by atoms with Crippen molar-refractivity contribution >= 4 is 51.5 Å². The Morgan fingerprint density at radius 3 is 1.81 bits per heavy atom. The van der Waals surface area contributed by atoms with Crippen LogP contribution in [-0.4, -0.2) is 97.7 Å². The van der Waals surface area contributed by atoms with Crippen molar-refractivity contribution in [2.45, 2.75) is 12.5 Å². The molecule has 1 unspecified atom stereocenters. The first-order valence-electron chi connectivity index (χ1n) is 8.83. The van der Waals surface area contributed by atoms with Crippen LogP contribution in [0.3, 0.4) is 0 Å². The van der Waals surface area contributed by atoms with Gasteiger partial charge in [-0.1, -0.05) is 28.1 Å². The first-order valence-corrected chi connectivity index (χ1v) is 9.96. The highest BCUT2D eigenvalue weighted by molar-refractivity contribution is 9.09. The van der Waals surface area contributed by atoms with E-state index in [0.29, 0.717) is 16.2 Å². The van der Waals surface area contributed by atoms with Gasteiger partial charge in [0, 0.05) is 12.2 Å². The molecule has 0 saturated carbocycles. The maximum atomic E-state index is 11.7. The molecule has 0 saturated heterocycles. The fourth-order valence-corrected chi connectivity index (χ4v) is 2.97. The molecule has 31 heavy (non-hydrogen) atoms. The summed E-state index contributed by atoms with van der Waals surface area (Å²) in [5.74, 6) is -4.32. The standard InChI is InChI=1S/C18H22BrN3O9/c19-6-14(23)20-12-3-1-11(2-4-12)5-13(22(18(30)31)10-17(28)29)7-21(8-15(24)25)9-16(26)27/h1-4,13H,5-10H2,(H,20,23)(H,24,25)(H,26,27)(H,28,29)(H,30,31). The Balaban J connectivity index is 3.14. The van der Waals surface area contributed by atoms with Gasteiger partial charge in [0.25, 0.3) is 0 Å². The van der Waals surface area contributed by atoms with Gasteiger partial charge in [-0.2, -0.15) is 0 Å². The Kier molecular flexibility index (Phi) is 10.4. The minimum absolute atomic E-state index is 0.0119. The number of benzene rings is 1. The number of nitrogens with one attached hydrogen (secondary N) is 1. The number of amides is 2. The lowest BCUT2D eigenvalue weighted by Gasteiger charge is -2.32. The summed E-state index contributed by atoms with van der Waals surface area (Å²) in [4.78, 5) is 58.0. The summed E-state index contributed by atoms with van der Waals surface area (Å²) in [7, 11) is 0. The van der Waals surface area contributed by atoms with Gasteiger partial charge in [0.1, 0.15) is 6.54 Å². The maximum absolute atomic E-state index is 11.7. The van der Waals surface area contributed by atoms with Crippen molar-refractivity contribution in [3.05, 3.63) is 29.8 Å². The van der Waals surface area contributed by atoms with E-state index in [4.69, 9.17) is 15.3 Å². The van der Waals surface area contributed by atoms with Crippen molar-refractivity contribution in [1.29, 1.82) is 0 Å². The average molecular weight is 504 g/mol. The number of hydrogen-bond acceptors (Lipinski definition) is 6. The Bertz CT molecular complexity index is 800. The third kappa shape index (κ3) is 9.91. The number of carboxylic acid groups (broad SMARTS) is 4. The molecule has 1 rings (SSSR count). The predicted molar refractivity (Wildman–Crippen MR) is 110 cm³/mol. The zero-order valence-corrected chi connectivity index (χ0v) is 17.8. The van der Waals surface area contributed by atoms with Crippen LogP contribution < -0.4 is 5.32 Å². The van der Waals surface area contributed by atoms with Crippen molar-refractivity contribution in [2.75, 3.05) is 36.8 Å². The Labute approximate surface area is 185 Å². The van der Waals surface area contributed by atoms with Gasteiger partial charge in [0.15, 0.2) is 0 Å². The van der Waals surface area contributed by atoms with Crippen LogP contribution >= 0.6 is 15.9 Å². The van der Waals surface area contributed by atoms with Crippen molar-refractivity contribution in [1.82, 2.24) is 9.80 Å². The topological polar surface area (TPSA) is 185 Å². The summed E-state index contributed by atoms with van der Waals surface area (Å²) in [6.07, 6.45) is -1.55. The summed E-state index contributed by atoms with van der Waals surface area (Å²) in [5, 5.41) is 39.3. The molecule has 0 radical (unpaired) electrons. The molecule has 1 atom stereocenters. The fourth-order valence-electron chi connectivity index (χ4n) is 2.83. The molecule has 170 valence electrons. The highest BCUT2D eigenvalue weighted by Gasteiger charge is 2.29. The summed E-state index contributed by atoms with van der Waals surface area (Å²) < 4.78 is 0. The molecule has 12 nitrogen and oxygen atoms in total. The number of carbonyl (C=O) groups excluding carboxylic acids is 1. The number of carbonyl (C=O) groups is 5. The molecule has 0 bridgehead atoms. The van der Waals surface area contributed by atoms with Gasteiger partial charge in [-0.25, -0.2) is 4.79 Å². The van der Waals surface area contributed by atoms with Crippen molar-refractivity contribution in [3.8, 4) is 0 Å². The van der Waals surface area contributed by atoms with Crippen LogP contribution in [-0.2, 0) is 25.6 Å². The molecule has 1 aromatic carbocycles. The highest BCUT2D eigenvalue weighted by Crippen LogP contribution is 2.15. The van der Waals surface area contributed by atoms with E-state index >= 15 is 0 Å². The Hall–Kier alpha value is -3.19. The molecule has 0 aromatic heterocycles. The summed E-state index contributed by atoms with van der Waals surface area (Å²) in [6.45, 7) is -2.52. The molecular formula is C18H22BrN3O9. The van der Waals surface area contributed by atoms with E-state index in [2.05, 4.69) is 21.2 Å². The third-order valence-corrected chi connectivity index (χ3v) is 4.52. The number of aliphatic carboxylic acids is 3. The smallest absolute Gasteiger partial charge is 0.408 e. The van der Waals surface area contributed by atoms with Crippen molar-refractivity contribution < 1.29 is 44.4 Å². The largest absolute Gasteiger partial charge is 0.480 e. The van der Waals surface area contributed by atoms with E-state index in [9.17, 15) is 29.1 Å². The zero-order chi connectivity index (χ0) is 23.6. The van der Waals surface area contributed by atoms with Gasteiger partial charge in [-0.15, -0.1) is 0 Å². The minimum Gasteiger partial charge on any atom is -0.480 e. The number of rotatable bonds is 13. The Morgan fingerprint density at radius 1 is 0.871 bits per heavy atom. The molecule has 0 aliphatic rings. The van der Waals surface area contributed by atoms with Gasteiger partial charge >= 0.3 is 24.0 Å². The van der Waals surface area contributed by atoms with Crippen LogP contribution in [0.4, 0.5) is 10.5 Å². The number of anilines is 1. The number of hydrogen-bond donors (Lipinski definition) is 5. The third-order valence-electron chi connectivity index (χ3n) is 4.01. The molecule has 1 aromatic rings. The van der Waals surface area contributed by atoms with Crippen LogP contribution in [0, 0.1) is 0 Å². The van der Waals surface area contributed by atoms with Crippen molar-refractivity contribution in [3.63, 3.8) is 0 Å². The lowest BCUT2D eigenvalue weighted by Crippen LogP contribution is -2.51. The molecule has 0 spiro atoms. The second kappa shape index (κ2) is 12.5. The predicted octanol–water partition coefficient (Wildman–Crippen LogP) is 0.467. The van der Waals surface area contributed by atoms with Gasteiger partial charge in [0.05, 0.1) is 24.5 Å². The van der Waals surface area contributed by atoms with Gasteiger partial charge in [0.2, 0.25) is 5.91 Å². The lowest BCUT2D eigenvalue weighted by molar-refractivity contribution is -0.143. The van der Waals surface area contributed by atoms with Crippen molar-refractivity contribution in [2.24, 2.45) is 0 Å². The number of alkyl halides is 1. The van der Waals surface area contributed by atoms with Gasteiger partial charge in [-0.3, -0.25) is 29.0 Å². The van der Waals surface area contributed by atoms with Crippen LogP contribution in [0.15, 0.2) is 24.3 Å². The minimum atomic E-state index is -1.54. The molecule has 5 N–H and O–H groups in total. The summed E-state index contributed by atoms with van der Waals surface area (Å²) in [5.41, 5.74) is 1.06. The van der Waals surface area contributed by atoms with Crippen LogP contribution in [0.5, 0.6) is 0 Å². The van der Waals surface area contributed by atoms with Crippen LogP contribution in [0.25, 0.3) is 0 Å². The SMILES string of the molecule is O=C(O)CN(CC(=O)O)CC(Cc1ccc(NC(=O)CBr)cc1)N(CC(=O)O)C(=O)O. The molecule has 2 amide bonds. The van der Waals surface area contributed by atoms with E-state index in [-0.39, 0.29) is 24.2 Å². The summed E-state index contributed by atoms with van der Waals surface area (Å²) in [6, 6.07) is 5.28. The van der Waals surface area contributed by atoms with E-state index in [0.717, 1.165) is 4.90 Å².